The predicted octanol–water partition coefficient (Wildman–Crippen LogP) is 7.34. The molecule has 0 fully saturated rings. The number of rotatable bonds is 7. The molecule has 0 saturated carbocycles. The Labute approximate surface area is 189 Å². The maximum absolute atomic E-state index is 5.21. The van der Waals surface area contributed by atoms with Crippen molar-refractivity contribution in [3.05, 3.63) is 76.4 Å². The highest BCUT2D eigenvalue weighted by Crippen LogP contribution is 2.31. The summed E-state index contributed by atoms with van der Waals surface area (Å²) in [6.07, 6.45) is 5.41. The van der Waals surface area contributed by atoms with Gasteiger partial charge >= 0.3 is 0 Å². The van der Waals surface area contributed by atoms with E-state index in [2.05, 4.69) is 61.6 Å². The van der Waals surface area contributed by atoms with E-state index in [0.29, 0.717) is 5.82 Å². The van der Waals surface area contributed by atoms with Gasteiger partial charge in [0.05, 0.1) is 17.2 Å². The van der Waals surface area contributed by atoms with Crippen LogP contribution in [-0.2, 0) is 6.42 Å². The van der Waals surface area contributed by atoms with Gasteiger partial charge in [-0.1, -0.05) is 24.3 Å². The minimum atomic E-state index is 0.699. The lowest BCUT2D eigenvalue weighted by Gasteiger charge is -2.09. The van der Waals surface area contributed by atoms with Crippen molar-refractivity contribution in [3.63, 3.8) is 0 Å². The molecule has 0 amide bonds. The summed E-state index contributed by atoms with van der Waals surface area (Å²) in [6.45, 7) is 5.11. The average molecular weight is 446 g/mol. The number of hydrogen-bond donors (Lipinski definition) is 1. The third-order valence-corrected chi connectivity index (χ3v) is 7.20. The van der Waals surface area contributed by atoms with E-state index in [1.54, 1.807) is 23.9 Å². The maximum Gasteiger partial charge on any atom is 0.166 e. The fraction of sp³-hybridized carbons (Fsp3) is 0.200. The van der Waals surface area contributed by atoms with Gasteiger partial charge in [-0.2, -0.15) is 0 Å². The molecule has 5 rings (SSSR count). The van der Waals surface area contributed by atoms with Gasteiger partial charge in [0.25, 0.3) is 0 Å². The second-order valence-corrected chi connectivity index (χ2v) is 10.1. The highest BCUT2D eigenvalue weighted by molar-refractivity contribution is 7.18. The Hall–Kier alpha value is -2.96. The van der Waals surface area contributed by atoms with Gasteiger partial charge in [0.1, 0.15) is 16.9 Å². The Balaban J connectivity index is 1.25. The first-order chi connectivity index (χ1) is 15.2. The molecule has 6 heteroatoms. The summed E-state index contributed by atoms with van der Waals surface area (Å²) in [5.74, 6) is 1.60. The number of aromatic nitrogens is 2. The lowest BCUT2D eigenvalue weighted by molar-refractivity contribution is 0.568. The Morgan fingerprint density at radius 2 is 1.77 bits per heavy atom. The normalized spacial score (nSPS) is 11.3. The third-order valence-electron chi connectivity index (χ3n) is 5.21. The predicted molar refractivity (Wildman–Crippen MR) is 131 cm³/mol. The van der Waals surface area contributed by atoms with E-state index in [1.165, 1.54) is 25.8 Å². The molecule has 0 bridgehead atoms. The standard InChI is InChI=1S/C25H23N3OS2/c1-16-5-10-22(30-16)19-8-6-18(7-9-19)4-3-12-26-24-21-14-17(2)31-25(21)28-23(27-24)20-11-13-29-15-20/h5-11,13-15H,3-4,12H2,1-2H3,(H,26,27,28). The van der Waals surface area contributed by atoms with Gasteiger partial charge in [-0.05, 0) is 62.1 Å². The zero-order chi connectivity index (χ0) is 21.2. The first-order valence-electron chi connectivity index (χ1n) is 10.4. The lowest BCUT2D eigenvalue weighted by Crippen LogP contribution is -2.06. The van der Waals surface area contributed by atoms with Crippen LogP contribution in [0, 0.1) is 13.8 Å². The molecule has 0 radical (unpaired) electrons. The molecule has 1 N–H and O–H groups in total. The van der Waals surface area contributed by atoms with Crippen molar-refractivity contribution in [2.24, 2.45) is 0 Å². The molecule has 0 aliphatic rings. The zero-order valence-electron chi connectivity index (χ0n) is 17.5. The second-order valence-electron chi connectivity index (χ2n) is 7.62. The van der Waals surface area contributed by atoms with Crippen LogP contribution in [0.15, 0.2) is 65.5 Å². The summed E-state index contributed by atoms with van der Waals surface area (Å²) in [5, 5.41) is 4.63. The molecule has 156 valence electrons. The van der Waals surface area contributed by atoms with Gasteiger partial charge in [-0.25, -0.2) is 9.97 Å². The van der Waals surface area contributed by atoms with Crippen LogP contribution in [0.2, 0.25) is 0 Å². The molecular formula is C25H23N3OS2. The molecule has 1 aromatic carbocycles. The van der Waals surface area contributed by atoms with Crippen LogP contribution in [0.25, 0.3) is 32.0 Å². The van der Waals surface area contributed by atoms with Crippen LogP contribution in [0.3, 0.4) is 0 Å². The average Bonchev–Trinajstić information content (AvgIpc) is 3.52. The fourth-order valence-corrected chi connectivity index (χ4v) is 5.37. The number of nitrogens with one attached hydrogen (secondary N) is 1. The van der Waals surface area contributed by atoms with Crippen molar-refractivity contribution in [3.8, 4) is 21.8 Å². The molecule has 0 aliphatic heterocycles. The van der Waals surface area contributed by atoms with Crippen LogP contribution in [0.4, 0.5) is 5.82 Å². The Morgan fingerprint density at radius 1 is 0.903 bits per heavy atom. The van der Waals surface area contributed by atoms with Crippen molar-refractivity contribution in [1.29, 1.82) is 0 Å². The van der Waals surface area contributed by atoms with E-state index < -0.39 is 0 Å². The molecule has 5 aromatic rings. The summed E-state index contributed by atoms with van der Waals surface area (Å²) >= 11 is 3.54. The third kappa shape index (κ3) is 4.40. The van der Waals surface area contributed by atoms with Crippen molar-refractivity contribution in [1.82, 2.24) is 9.97 Å². The molecule has 0 aliphatic carbocycles. The van der Waals surface area contributed by atoms with Crippen molar-refractivity contribution in [2.45, 2.75) is 26.7 Å². The second kappa shape index (κ2) is 8.65. The largest absolute Gasteiger partial charge is 0.472 e. The van der Waals surface area contributed by atoms with Gasteiger partial charge in [0, 0.05) is 21.2 Å². The summed E-state index contributed by atoms with van der Waals surface area (Å²) < 4.78 is 5.21. The first-order valence-corrected chi connectivity index (χ1v) is 12.0. The van der Waals surface area contributed by atoms with Gasteiger partial charge in [-0.15, -0.1) is 22.7 Å². The molecule has 0 atom stereocenters. The quantitative estimate of drug-likeness (QED) is 0.266. The molecule has 31 heavy (non-hydrogen) atoms. The molecule has 0 spiro atoms. The number of thiophene rings is 2. The number of aryl methyl sites for hydroxylation is 3. The molecule has 4 nitrogen and oxygen atoms in total. The monoisotopic (exact) mass is 445 g/mol. The highest BCUT2D eigenvalue weighted by atomic mass is 32.1. The van der Waals surface area contributed by atoms with Gasteiger partial charge < -0.3 is 9.73 Å². The van der Waals surface area contributed by atoms with Crippen molar-refractivity contribution in [2.75, 3.05) is 11.9 Å². The van der Waals surface area contributed by atoms with Crippen LogP contribution < -0.4 is 5.32 Å². The molecule has 0 unspecified atom stereocenters. The number of fused-ring (bicyclic) bond motifs is 1. The molecule has 4 heterocycles. The first kappa shape index (κ1) is 20.0. The van der Waals surface area contributed by atoms with Gasteiger partial charge in [-0.3, -0.25) is 0 Å². The lowest BCUT2D eigenvalue weighted by atomic mass is 10.1. The van der Waals surface area contributed by atoms with Crippen LogP contribution in [0.1, 0.15) is 21.7 Å². The van der Waals surface area contributed by atoms with E-state index in [4.69, 9.17) is 14.4 Å². The Kier molecular flexibility index (Phi) is 5.57. The van der Waals surface area contributed by atoms with E-state index in [9.17, 15) is 0 Å². The summed E-state index contributed by atoms with van der Waals surface area (Å²) in [5.41, 5.74) is 3.55. The topological polar surface area (TPSA) is 51.0 Å². The molecular weight excluding hydrogens is 422 g/mol. The number of nitrogens with zero attached hydrogens (tertiary/aromatic N) is 2. The summed E-state index contributed by atoms with van der Waals surface area (Å²) in [4.78, 5) is 14.4. The van der Waals surface area contributed by atoms with E-state index in [-0.39, 0.29) is 0 Å². The highest BCUT2D eigenvalue weighted by Gasteiger charge is 2.12. The minimum Gasteiger partial charge on any atom is -0.472 e. The summed E-state index contributed by atoms with van der Waals surface area (Å²) in [7, 11) is 0. The van der Waals surface area contributed by atoms with Crippen LogP contribution in [-0.4, -0.2) is 16.5 Å². The minimum absolute atomic E-state index is 0.699. The zero-order valence-corrected chi connectivity index (χ0v) is 19.1. The summed E-state index contributed by atoms with van der Waals surface area (Å²) in [6, 6.07) is 17.4. The van der Waals surface area contributed by atoms with Crippen molar-refractivity contribution >= 4 is 38.7 Å². The Bertz CT molecular complexity index is 1300. The smallest absolute Gasteiger partial charge is 0.166 e. The number of anilines is 1. The van der Waals surface area contributed by atoms with Crippen molar-refractivity contribution < 1.29 is 4.42 Å². The molecule has 0 saturated heterocycles. The SMILES string of the molecule is Cc1ccc(-c2ccc(CCCNc3nc(-c4ccoc4)nc4sc(C)cc34)cc2)s1. The van der Waals surface area contributed by atoms with E-state index in [0.717, 1.165) is 41.0 Å². The van der Waals surface area contributed by atoms with Crippen LogP contribution >= 0.6 is 22.7 Å². The van der Waals surface area contributed by atoms with Gasteiger partial charge in [0.15, 0.2) is 5.82 Å². The molecule has 4 aromatic heterocycles. The number of hydrogen-bond acceptors (Lipinski definition) is 6. The van der Waals surface area contributed by atoms with E-state index in [1.807, 2.05) is 17.4 Å². The van der Waals surface area contributed by atoms with Gasteiger partial charge in [0.2, 0.25) is 0 Å². The number of benzene rings is 1. The fourth-order valence-electron chi connectivity index (χ4n) is 3.62. The van der Waals surface area contributed by atoms with E-state index >= 15 is 0 Å². The van der Waals surface area contributed by atoms with Crippen LogP contribution in [0.5, 0.6) is 0 Å². The maximum atomic E-state index is 5.21. The Morgan fingerprint density at radius 3 is 2.52 bits per heavy atom. The number of furan rings is 1.